The summed E-state index contributed by atoms with van der Waals surface area (Å²) in [5.41, 5.74) is 7.06. The summed E-state index contributed by atoms with van der Waals surface area (Å²) in [7, 11) is 0. The van der Waals surface area contributed by atoms with Gasteiger partial charge < -0.3 is 5.73 Å². The SMILES string of the molecule is NCc1ccc(C(=O)Cc2ccc(F)cc2F)cc1. The van der Waals surface area contributed by atoms with Gasteiger partial charge >= 0.3 is 0 Å². The quantitative estimate of drug-likeness (QED) is 0.860. The van der Waals surface area contributed by atoms with Gasteiger partial charge in [0.1, 0.15) is 11.6 Å². The molecule has 0 heterocycles. The highest BCUT2D eigenvalue weighted by Gasteiger charge is 2.11. The lowest BCUT2D eigenvalue weighted by Crippen LogP contribution is -2.06. The first-order valence-corrected chi connectivity index (χ1v) is 5.86. The minimum absolute atomic E-state index is 0.0892. The summed E-state index contributed by atoms with van der Waals surface area (Å²) in [6, 6.07) is 10.0. The molecule has 0 radical (unpaired) electrons. The Morgan fingerprint density at radius 1 is 1.05 bits per heavy atom. The number of Topliss-reactive ketones (excluding diaryl/α,β-unsaturated/α-hetero) is 1. The van der Waals surface area contributed by atoms with Gasteiger partial charge in [0.25, 0.3) is 0 Å². The van der Waals surface area contributed by atoms with Crippen LogP contribution in [-0.2, 0) is 13.0 Å². The number of halogens is 2. The second kappa shape index (κ2) is 5.71. The zero-order valence-corrected chi connectivity index (χ0v) is 10.2. The second-order valence-corrected chi connectivity index (χ2v) is 4.24. The number of rotatable bonds is 4. The summed E-state index contributed by atoms with van der Waals surface area (Å²) in [6.07, 6.45) is -0.0892. The molecule has 0 atom stereocenters. The molecule has 2 rings (SSSR count). The van der Waals surface area contributed by atoms with Crippen molar-refractivity contribution in [3.05, 3.63) is 70.8 Å². The van der Waals surface area contributed by atoms with Crippen molar-refractivity contribution < 1.29 is 13.6 Å². The number of nitrogens with two attached hydrogens (primary N) is 1. The molecule has 0 unspecified atom stereocenters. The van der Waals surface area contributed by atoms with Crippen LogP contribution in [0, 0.1) is 11.6 Å². The van der Waals surface area contributed by atoms with Crippen molar-refractivity contribution in [2.24, 2.45) is 5.73 Å². The van der Waals surface area contributed by atoms with Crippen molar-refractivity contribution in [1.82, 2.24) is 0 Å². The Hall–Kier alpha value is -2.07. The first kappa shape index (κ1) is 13.4. The fourth-order valence-corrected chi connectivity index (χ4v) is 1.77. The minimum atomic E-state index is -0.702. The summed E-state index contributed by atoms with van der Waals surface area (Å²) in [5.74, 6) is -1.57. The number of hydrogen-bond donors (Lipinski definition) is 1. The van der Waals surface area contributed by atoms with Crippen molar-refractivity contribution in [3.8, 4) is 0 Å². The van der Waals surface area contributed by atoms with Gasteiger partial charge in [-0.1, -0.05) is 30.3 Å². The number of carbonyl (C=O) groups is 1. The smallest absolute Gasteiger partial charge is 0.167 e. The van der Waals surface area contributed by atoms with Gasteiger partial charge in [0, 0.05) is 24.6 Å². The minimum Gasteiger partial charge on any atom is -0.326 e. The monoisotopic (exact) mass is 261 g/mol. The van der Waals surface area contributed by atoms with E-state index in [1.807, 2.05) is 0 Å². The van der Waals surface area contributed by atoms with Crippen LogP contribution in [-0.4, -0.2) is 5.78 Å². The highest BCUT2D eigenvalue weighted by atomic mass is 19.1. The molecule has 0 fully saturated rings. The zero-order chi connectivity index (χ0) is 13.8. The van der Waals surface area contributed by atoms with Crippen molar-refractivity contribution in [2.45, 2.75) is 13.0 Å². The number of carbonyl (C=O) groups excluding carboxylic acids is 1. The van der Waals surface area contributed by atoms with E-state index in [-0.39, 0.29) is 17.8 Å². The Balaban J connectivity index is 2.15. The molecule has 0 aliphatic heterocycles. The lowest BCUT2D eigenvalue weighted by Gasteiger charge is -2.04. The van der Waals surface area contributed by atoms with E-state index in [0.717, 1.165) is 17.7 Å². The molecular weight excluding hydrogens is 248 g/mol. The molecule has 2 aromatic rings. The second-order valence-electron chi connectivity index (χ2n) is 4.24. The van der Waals surface area contributed by atoms with Gasteiger partial charge in [-0.05, 0) is 17.2 Å². The molecule has 0 bridgehead atoms. The van der Waals surface area contributed by atoms with Gasteiger partial charge in [-0.15, -0.1) is 0 Å². The molecule has 0 aliphatic carbocycles. The highest BCUT2D eigenvalue weighted by Crippen LogP contribution is 2.13. The summed E-state index contributed by atoms with van der Waals surface area (Å²) < 4.78 is 26.2. The lowest BCUT2D eigenvalue weighted by molar-refractivity contribution is 0.0991. The zero-order valence-electron chi connectivity index (χ0n) is 10.2. The van der Waals surface area contributed by atoms with E-state index in [4.69, 9.17) is 5.73 Å². The van der Waals surface area contributed by atoms with Gasteiger partial charge in [0.15, 0.2) is 5.78 Å². The van der Waals surface area contributed by atoms with E-state index >= 15 is 0 Å². The molecule has 0 aliphatic rings. The maximum Gasteiger partial charge on any atom is 0.167 e. The number of benzene rings is 2. The topological polar surface area (TPSA) is 43.1 Å². The molecule has 0 spiro atoms. The molecule has 98 valence electrons. The molecule has 0 saturated carbocycles. The third kappa shape index (κ3) is 3.23. The van der Waals surface area contributed by atoms with E-state index < -0.39 is 11.6 Å². The molecule has 0 aromatic heterocycles. The van der Waals surface area contributed by atoms with Crippen LogP contribution >= 0.6 is 0 Å². The van der Waals surface area contributed by atoms with Crippen LogP contribution in [0.4, 0.5) is 8.78 Å². The maximum atomic E-state index is 13.4. The maximum absolute atomic E-state index is 13.4. The van der Waals surface area contributed by atoms with Crippen molar-refractivity contribution >= 4 is 5.78 Å². The van der Waals surface area contributed by atoms with Crippen LogP contribution in [0.5, 0.6) is 0 Å². The Morgan fingerprint density at radius 2 is 1.74 bits per heavy atom. The third-order valence-corrected chi connectivity index (χ3v) is 2.88. The van der Waals surface area contributed by atoms with Crippen molar-refractivity contribution in [3.63, 3.8) is 0 Å². The third-order valence-electron chi connectivity index (χ3n) is 2.88. The molecule has 2 N–H and O–H groups in total. The summed E-state index contributed by atoms with van der Waals surface area (Å²) in [6.45, 7) is 0.404. The van der Waals surface area contributed by atoms with Crippen LogP contribution in [0.1, 0.15) is 21.5 Å². The molecule has 0 amide bonds. The fraction of sp³-hybridized carbons (Fsp3) is 0.133. The van der Waals surface area contributed by atoms with Crippen molar-refractivity contribution in [1.29, 1.82) is 0 Å². The standard InChI is InChI=1S/C15H13F2NO/c16-13-6-5-12(14(17)8-13)7-15(19)11-3-1-10(9-18)2-4-11/h1-6,8H,7,9,18H2. The van der Waals surface area contributed by atoms with Crippen LogP contribution in [0.25, 0.3) is 0 Å². The first-order chi connectivity index (χ1) is 9.10. The van der Waals surface area contributed by atoms with Crippen LogP contribution < -0.4 is 5.73 Å². The molecular formula is C15H13F2NO. The Kier molecular flexibility index (Phi) is 4.02. The lowest BCUT2D eigenvalue weighted by atomic mass is 10.0. The average Bonchev–Trinajstić information content (AvgIpc) is 2.42. The van der Waals surface area contributed by atoms with Gasteiger partial charge in [-0.25, -0.2) is 8.78 Å². The number of hydrogen-bond acceptors (Lipinski definition) is 2. The van der Waals surface area contributed by atoms with E-state index in [1.54, 1.807) is 24.3 Å². The van der Waals surface area contributed by atoms with E-state index in [1.165, 1.54) is 6.07 Å². The fourth-order valence-electron chi connectivity index (χ4n) is 1.77. The summed E-state index contributed by atoms with van der Waals surface area (Å²) in [5, 5.41) is 0. The van der Waals surface area contributed by atoms with E-state index in [2.05, 4.69) is 0 Å². The average molecular weight is 261 g/mol. The first-order valence-electron chi connectivity index (χ1n) is 5.86. The van der Waals surface area contributed by atoms with Crippen molar-refractivity contribution in [2.75, 3.05) is 0 Å². The Labute approximate surface area is 109 Å². The predicted octanol–water partition coefficient (Wildman–Crippen LogP) is 2.85. The normalized spacial score (nSPS) is 10.5. The number of ketones is 1. The molecule has 4 heteroatoms. The van der Waals surface area contributed by atoms with Gasteiger partial charge in [-0.3, -0.25) is 4.79 Å². The largest absolute Gasteiger partial charge is 0.326 e. The Morgan fingerprint density at radius 3 is 2.32 bits per heavy atom. The van der Waals surface area contributed by atoms with Crippen LogP contribution in [0.3, 0.4) is 0 Å². The van der Waals surface area contributed by atoms with Gasteiger partial charge in [0.05, 0.1) is 0 Å². The van der Waals surface area contributed by atoms with E-state index in [9.17, 15) is 13.6 Å². The summed E-state index contributed by atoms with van der Waals surface area (Å²) in [4.78, 5) is 12.0. The van der Waals surface area contributed by atoms with Gasteiger partial charge in [0.2, 0.25) is 0 Å². The highest BCUT2D eigenvalue weighted by molar-refractivity contribution is 5.97. The molecule has 19 heavy (non-hydrogen) atoms. The van der Waals surface area contributed by atoms with Crippen LogP contribution in [0.2, 0.25) is 0 Å². The van der Waals surface area contributed by atoms with Crippen LogP contribution in [0.15, 0.2) is 42.5 Å². The predicted molar refractivity (Wildman–Crippen MR) is 68.7 cm³/mol. The summed E-state index contributed by atoms with van der Waals surface area (Å²) >= 11 is 0. The molecule has 2 aromatic carbocycles. The molecule has 0 saturated heterocycles. The Bertz CT molecular complexity index is 594. The van der Waals surface area contributed by atoms with E-state index in [0.29, 0.717) is 12.1 Å². The molecule has 2 nitrogen and oxygen atoms in total. The van der Waals surface area contributed by atoms with Gasteiger partial charge in [-0.2, -0.15) is 0 Å².